The minimum Gasteiger partial charge on any atom is -0.494 e. The van der Waals surface area contributed by atoms with E-state index in [2.05, 4.69) is 15.3 Å². The van der Waals surface area contributed by atoms with Gasteiger partial charge in [-0.3, -0.25) is 10.1 Å². The SMILES string of the molecule is COc1ccc(-c2csc(NC(=O)c3cc(Cl)c[nH]3)n2)cc1F. The van der Waals surface area contributed by atoms with E-state index in [1.807, 2.05) is 0 Å². The second-order valence-corrected chi connectivity index (χ2v) is 5.87. The van der Waals surface area contributed by atoms with Gasteiger partial charge in [0.05, 0.1) is 17.8 Å². The number of carbonyl (C=O) groups excluding carboxylic acids is 1. The minimum absolute atomic E-state index is 0.168. The van der Waals surface area contributed by atoms with Crippen LogP contribution in [0.3, 0.4) is 0 Å². The fraction of sp³-hybridized carbons (Fsp3) is 0.0667. The molecule has 2 N–H and O–H groups in total. The van der Waals surface area contributed by atoms with Crippen molar-refractivity contribution in [2.24, 2.45) is 0 Å². The highest BCUT2D eigenvalue weighted by Gasteiger charge is 2.12. The van der Waals surface area contributed by atoms with E-state index in [0.29, 0.717) is 27.1 Å². The lowest BCUT2D eigenvalue weighted by Crippen LogP contribution is -2.11. The Balaban J connectivity index is 1.78. The first-order valence-corrected chi connectivity index (χ1v) is 7.77. The van der Waals surface area contributed by atoms with Gasteiger partial charge < -0.3 is 9.72 Å². The highest BCUT2D eigenvalue weighted by Crippen LogP contribution is 2.28. The molecule has 0 radical (unpaired) electrons. The molecule has 2 aromatic heterocycles. The van der Waals surface area contributed by atoms with Gasteiger partial charge in [-0.15, -0.1) is 11.3 Å². The number of ether oxygens (including phenoxy) is 1. The molecule has 118 valence electrons. The number of hydrogen-bond acceptors (Lipinski definition) is 4. The van der Waals surface area contributed by atoms with E-state index in [9.17, 15) is 9.18 Å². The number of nitrogens with one attached hydrogen (secondary N) is 2. The monoisotopic (exact) mass is 351 g/mol. The molecule has 0 saturated heterocycles. The predicted molar refractivity (Wildman–Crippen MR) is 87.8 cm³/mol. The van der Waals surface area contributed by atoms with Crippen LogP contribution in [-0.4, -0.2) is 23.0 Å². The number of nitrogens with zero attached hydrogens (tertiary/aromatic N) is 1. The van der Waals surface area contributed by atoms with E-state index in [4.69, 9.17) is 16.3 Å². The van der Waals surface area contributed by atoms with Crippen LogP contribution >= 0.6 is 22.9 Å². The summed E-state index contributed by atoms with van der Waals surface area (Å²) in [6.45, 7) is 0. The van der Waals surface area contributed by atoms with Gasteiger partial charge >= 0.3 is 0 Å². The third kappa shape index (κ3) is 3.35. The van der Waals surface area contributed by atoms with Crippen molar-refractivity contribution < 1.29 is 13.9 Å². The zero-order valence-electron chi connectivity index (χ0n) is 11.9. The van der Waals surface area contributed by atoms with E-state index < -0.39 is 5.82 Å². The third-order valence-corrected chi connectivity index (χ3v) is 4.04. The number of benzene rings is 1. The zero-order valence-corrected chi connectivity index (χ0v) is 13.5. The number of anilines is 1. The lowest BCUT2D eigenvalue weighted by molar-refractivity contribution is 0.102. The summed E-state index contributed by atoms with van der Waals surface area (Å²) in [5.74, 6) is -0.649. The summed E-state index contributed by atoms with van der Waals surface area (Å²) in [6.07, 6.45) is 1.52. The fourth-order valence-corrected chi connectivity index (χ4v) is 2.83. The van der Waals surface area contributed by atoms with E-state index >= 15 is 0 Å². The van der Waals surface area contributed by atoms with Crippen molar-refractivity contribution in [3.63, 3.8) is 0 Å². The normalized spacial score (nSPS) is 10.6. The quantitative estimate of drug-likeness (QED) is 0.740. The molecule has 8 heteroatoms. The number of H-pyrrole nitrogens is 1. The van der Waals surface area contributed by atoms with Gasteiger partial charge in [0.25, 0.3) is 5.91 Å². The molecule has 0 aliphatic heterocycles. The number of aromatic nitrogens is 2. The van der Waals surface area contributed by atoms with Gasteiger partial charge in [0.15, 0.2) is 16.7 Å². The molecule has 0 atom stereocenters. The maximum Gasteiger partial charge on any atom is 0.273 e. The summed E-state index contributed by atoms with van der Waals surface area (Å²) < 4.78 is 18.6. The number of carbonyl (C=O) groups is 1. The standard InChI is InChI=1S/C15H11ClFN3O2S/c1-22-13-3-2-8(4-10(13)17)12-7-23-15(19-12)20-14(21)11-5-9(16)6-18-11/h2-7,18H,1H3,(H,19,20,21). The summed E-state index contributed by atoms with van der Waals surface area (Å²) in [5.41, 5.74) is 1.50. The molecule has 0 bridgehead atoms. The Morgan fingerprint density at radius 2 is 2.26 bits per heavy atom. The molecule has 0 spiro atoms. The molecule has 0 unspecified atom stereocenters. The molecule has 2 heterocycles. The Bertz CT molecular complexity index is 862. The maximum absolute atomic E-state index is 13.7. The highest BCUT2D eigenvalue weighted by atomic mass is 35.5. The minimum atomic E-state index is -0.468. The molecule has 0 fully saturated rings. The van der Waals surface area contributed by atoms with Crippen LogP contribution in [0.1, 0.15) is 10.5 Å². The Kier molecular flexibility index (Phi) is 4.31. The van der Waals surface area contributed by atoms with Gasteiger partial charge in [-0.05, 0) is 24.3 Å². The van der Waals surface area contributed by atoms with Crippen LogP contribution in [0, 0.1) is 5.82 Å². The summed E-state index contributed by atoms with van der Waals surface area (Å²) in [7, 11) is 1.40. The van der Waals surface area contributed by atoms with Crippen LogP contribution < -0.4 is 10.1 Å². The van der Waals surface area contributed by atoms with Crippen LogP contribution in [-0.2, 0) is 0 Å². The molecule has 1 amide bonds. The van der Waals surface area contributed by atoms with Crippen molar-refractivity contribution in [1.29, 1.82) is 0 Å². The molecule has 5 nitrogen and oxygen atoms in total. The fourth-order valence-electron chi connectivity index (χ4n) is 1.95. The third-order valence-electron chi connectivity index (χ3n) is 3.06. The van der Waals surface area contributed by atoms with Crippen molar-refractivity contribution in [3.8, 4) is 17.0 Å². The molecule has 0 saturated carbocycles. The largest absolute Gasteiger partial charge is 0.494 e. The first-order valence-electron chi connectivity index (χ1n) is 6.51. The van der Waals surface area contributed by atoms with Crippen LogP contribution in [0.2, 0.25) is 5.02 Å². The number of methoxy groups -OCH3 is 1. The van der Waals surface area contributed by atoms with E-state index in [1.54, 1.807) is 11.4 Å². The van der Waals surface area contributed by atoms with E-state index in [0.717, 1.165) is 0 Å². The smallest absolute Gasteiger partial charge is 0.273 e. The molecule has 3 aromatic rings. The summed E-state index contributed by atoms with van der Waals surface area (Å²) in [6, 6.07) is 6.09. The van der Waals surface area contributed by atoms with Crippen LogP contribution in [0.4, 0.5) is 9.52 Å². The zero-order chi connectivity index (χ0) is 16.4. The summed E-state index contributed by atoms with van der Waals surface area (Å²) >= 11 is 7.01. The number of aromatic amines is 1. The Morgan fingerprint density at radius 1 is 1.43 bits per heavy atom. The molecule has 3 rings (SSSR count). The van der Waals surface area contributed by atoms with Crippen molar-refractivity contribution >= 4 is 34.0 Å². The Labute approximate surface area is 140 Å². The molecule has 0 aliphatic rings. The number of halogens is 2. The second kappa shape index (κ2) is 6.39. The molecular formula is C15H11ClFN3O2S. The van der Waals surface area contributed by atoms with Gasteiger partial charge in [-0.2, -0.15) is 0 Å². The number of rotatable bonds is 4. The van der Waals surface area contributed by atoms with Crippen LogP contribution in [0.5, 0.6) is 5.75 Å². The lowest BCUT2D eigenvalue weighted by Gasteiger charge is -2.03. The topological polar surface area (TPSA) is 67.0 Å². The van der Waals surface area contributed by atoms with Crippen LogP contribution in [0.15, 0.2) is 35.8 Å². The van der Waals surface area contributed by atoms with Gasteiger partial charge in [0, 0.05) is 17.1 Å². The molecule has 23 heavy (non-hydrogen) atoms. The molecular weight excluding hydrogens is 341 g/mol. The number of hydrogen-bond donors (Lipinski definition) is 2. The van der Waals surface area contributed by atoms with Crippen molar-refractivity contribution in [2.75, 3.05) is 12.4 Å². The van der Waals surface area contributed by atoms with Gasteiger partial charge in [0.1, 0.15) is 5.69 Å². The average molecular weight is 352 g/mol. The first-order chi connectivity index (χ1) is 11.1. The van der Waals surface area contributed by atoms with Crippen molar-refractivity contribution in [2.45, 2.75) is 0 Å². The average Bonchev–Trinajstić information content (AvgIpc) is 3.16. The predicted octanol–water partition coefficient (Wildman–Crippen LogP) is 4.19. The van der Waals surface area contributed by atoms with Crippen LogP contribution in [0.25, 0.3) is 11.3 Å². The Hall–Kier alpha value is -2.38. The van der Waals surface area contributed by atoms with Gasteiger partial charge in [-0.1, -0.05) is 11.6 Å². The number of thiazole rings is 1. The molecule has 0 aliphatic carbocycles. The van der Waals surface area contributed by atoms with Gasteiger partial charge in [-0.25, -0.2) is 9.37 Å². The highest BCUT2D eigenvalue weighted by molar-refractivity contribution is 7.14. The lowest BCUT2D eigenvalue weighted by atomic mass is 10.1. The number of amides is 1. The van der Waals surface area contributed by atoms with E-state index in [-0.39, 0.29) is 11.7 Å². The van der Waals surface area contributed by atoms with Crippen molar-refractivity contribution in [3.05, 3.63) is 52.4 Å². The summed E-state index contributed by atoms with van der Waals surface area (Å²) in [5, 5.41) is 5.25. The maximum atomic E-state index is 13.7. The van der Waals surface area contributed by atoms with Crippen molar-refractivity contribution in [1.82, 2.24) is 9.97 Å². The Morgan fingerprint density at radius 3 is 2.91 bits per heavy atom. The second-order valence-electron chi connectivity index (χ2n) is 4.57. The summed E-state index contributed by atoms with van der Waals surface area (Å²) in [4.78, 5) is 19.0. The first kappa shape index (κ1) is 15.5. The molecule has 1 aromatic carbocycles. The van der Waals surface area contributed by atoms with Gasteiger partial charge in [0.2, 0.25) is 0 Å². The van der Waals surface area contributed by atoms with E-state index in [1.165, 1.54) is 42.8 Å².